The van der Waals surface area contributed by atoms with Crippen molar-refractivity contribution in [3.05, 3.63) is 35.4 Å². The first-order valence-corrected chi connectivity index (χ1v) is 8.40. The quantitative estimate of drug-likeness (QED) is 0.856. The van der Waals surface area contributed by atoms with E-state index in [0.717, 1.165) is 6.07 Å². The van der Waals surface area contributed by atoms with Crippen LogP contribution in [0.5, 0.6) is 0 Å². The highest BCUT2D eigenvalue weighted by Gasteiger charge is 2.37. The average Bonchev–Trinajstić information content (AvgIpc) is 2.63. The van der Waals surface area contributed by atoms with Crippen LogP contribution >= 0.6 is 0 Å². The number of carbonyl (C=O) groups excluding carboxylic acids is 3. The minimum atomic E-state index is -4.52. The van der Waals surface area contributed by atoms with Crippen LogP contribution in [0.3, 0.4) is 0 Å². The van der Waals surface area contributed by atoms with Crippen LogP contribution in [0, 0.1) is 0 Å². The first-order valence-electron chi connectivity index (χ1n) is 8.40. The summed E-state index contributed by atoms with van der Waals surface area (Å²) in [6, 6.07) is 4.46. The number of morpholine rings is 1. The second-order valence-corrected chi connectivity index (χ2v) is 6.31. The fourth-order valence-corrected chi connectivity index (χ4v) is 3.11. The number of rotatable bonds is 3. The van der Waals surface area contributed by atoms with Crippen molar-refractivity contribution in [1.29, 1.82) is 0 Å². The Morgan fingerprint density at radius 1 is 1.22 bits per heavy atom. The molecule has 1 atom stereocenters. The van der Waals surface area contributed by atoms with E-state index in [4.69, 9.17) is 4.74 Å². The Morgan fingerprint density at radius 3 is 2.67 bits per heavy atom. The molecule has 0 spiro atoms. The van der Waals surface area contributed by atoms with Crippen LogP contribution in [0.25, 0.3) is 0 Å². The lowest BCUT2D eigenvalue weighted by Gasteiger charge is -2.35. The Morgan fingerprint density at radius 2 is 1.96 bits per heavy atom. The Bertz CT molecular complexity index is 753. The third kappa shape index (κ3) is 4.38. The van der Waals surface area contributed by atoms with Crippen LogP contribution in [-0.4, -0.2) is 60.4 Å². The predicted molar refractivity (Wildman–Crippen MR) is 86.4 cm³/mol. The Balaban J connectivity index is 1.69. The molecule has 0 aromatic heterocycles. The lowest BCUT2D eigenvalue weighted by atomic mass is 10.0. The molecule has 1 aromatic carbocycles. The van der Waals surface area contributed by atoms with Crippen molar-refractivity contribution in [1.82, 2.24) is 15.1 Å². The molecule has 27 heavy (non-hydrogen) atoms. The van der Waals surface area contributed by atoms with Gasteiger partial charge in [-0.25, -0.2) is 4.79 Å². The molecule has 2 aliphatic heterocycles. The summed E-state index contributed by atoms with van der Waals surface area (Å²) in [5.74, 6) is -0.809. The normalized spacial score (nSPS) is 21.2. The molecule has 4 amide bonds. The van der Waals surface area contributed by atoms with Crippen LogP contribution in [-0.2, 0) is 20.5 Å². The molecule has 0 aliphatic carbocycles. The molecule has 7 nitrogen and oxygen atoms in total. The number of carbonyl (C=O) groups is 3. The van der Waals surface area contributed by atoms with Gasteiger partial charge in [0.2, 0.25) is 11.8 Å². The maximum Gasteiger partial charge on any atom is 0.416 e. The lowest BCUT2D eigenvalue weighted by molar-refractivity contribution is -0.144. The summed E-state index contributed by atoms with van der Waals surface area (Å²) < 4.78 is 45.2. The van der Waals surface area contributed by atoms with Crippen molar-refractivity contribution in [2.45, 2.75) is 18.7 Å². The summed E-state index contributed by atoms with van der Waals surface area (Å²) in [6.45, 7) is 0.152. The third-order valence-electron chi connectivity index (χ3n) is 4.50. The number of ether oxygens (including phenoxy) is 1. The number of amides is 4. The van der Waals surface area contributed by atoms with Gasteiger partial charge in [0.15, 0.2) is 0 Å². The molecule has 2 heterocycles. The molecule has 0 radical (unpaired) electrons. The zero-order chi connectivity index (χ0) is 19.6. The van der Waals surface area contributed by atoms with Gasteiger partial charge in [-0.3, -0.25) is 14.9 Å². The third-order valence-corrected chi connectivity index (χ3v) is 4.50. The topological polar surface area (TPSA) is 79.0 Å². The molecule has 1 aromatic rings. The van der Waals surface area contributed by atoms with Gasteiger partial charge in [0.25, 0.3) is 0 Å². The molecular weight excluding hydrogens is 367 g/mol. The summed E-state index contributed by atoms with van der Waals surface area (Å²) in [7, 11) is 0. The van der Waals surface area contributed by atoms with Gasteiger partial charge in [0, 0.05) is 19.5 Å². The molecule has 0 saturated carbocycles. The van der Waals surface area contributed by atoms with E-state index in [1.807, 2.05) is 0 Å². The highest BCUT2D eigenvalue weighted by molar-refractivity contribution is 5.98. The smallest absolute Gasteiger partial charge is 0.370 e. The SMILES string of the molecule is O=C1CCN(CC(=O)N2CCOC(c3ccccc3C(F)(F)F)C2)C(=O)N1. The number of alkyl halides is 3. The highest BCUT2D eigenvalue weighted by Crippen LogP contribution is 2.36. The number of imide groups is 1. The second kappa shape index (κ2) is 7.55. The molecular formula is C17H18F3N3O4. The Kier molecular flexibility index (Phi) is 5.36. The summed E-state index contributed by atoms with van der Waals surface area (Å²) >= 11 is 0. The van der Waals surface area contributed by atoms with E-state index in [9.17, 15) is 27.6 Å². The zero-order valence-corrected chi connectivity index (χ0v) is 14.3. The minimum Gasteiger partial charge on any atom is -0.370 e. The zero-order valence-electron chi connectivity index (χ0n) is 14.3. The molecule has 10 heteroatoms. The average molecular weight is 385 g/mol. The predicted octanol–water partition coefficient (Wildman–Crippen LogP) is 1.55. The molecule has 3 rings (SSSR count). The Labute approximate surface area is 153 Å². The van der Waals surface area contributed by atoms with E-state index in [2.05, 4.69) is 5.32 Å². The van der Waals surface area contributed by atoms with E-state index in [0.29, 0.717) is 0 Å². The van der Waals surface area contributed by atoms with Crippen molar-refractivity contribution in [2.24, 2.45) is 0 Å². The number of hydrogen-bond acceptors (Lipinski definition) is 4. The van der Waals surface area contributed by atoms with Crippen LogP contribution < -0.4 is 5.32 Å². The van der Waals surface area contributed by atoms with Crippen molar-refractivity contribution in [3.8, 4) is 0 Å². The molecule has 2 aliphatic rings. The second-order valence-electron chi connectivity index (χ2n) is 6.31. The van der Waals surface area contributed by atoms with Gasteiger partial charge in [-0.1, -0.05) is 18.2 Å². The summed E-state index contributed by atoms with van der Waals surface area (Å²) in [4.78, 5) is 38.0. The largest absolute Gasteiger partial charge is 0.416 e. The van der Waals surface area contributed by atoms with Crippen LogP contribution in [0.15, 0.2) is 24.3 Å². The Hall–Kier alpha value is -2.62. The number of benzene rings is 1. The van der Waals surface area contributed by atoms with Crippen LogP contribution in [0.2, 0.25) is 0 Å². The summed E-state index contributed by atoms with van der Waals surface area (Å²) in [6.07, 6.45) is -5.33. The van der Waals surface area contributed by atoms with E-state index in [-0.39, 0.29) is 44.8 Å². The fourth-order valence-electron chi connectivity index (χ4n) is 3.11. The van der Waals surface area contributed by atoms with E-state index in [1.165, 1.54) is 28.0 Å². The van der Waals surface area contributed by atoms with Gasteiger partial charge < -0.3 is 14.5 Å². The molecule has 2 fully saturated rings. The van der Waals surface area contributed by atoms with E-state index >= 15 is 0 Å². The van der Waals surface area contributed by atoms with E-state index in [1.54, 1.807) is 0 Å². The fraction of sp³-hybridized carbons (Fsp3) is 0.471. The van der Waals surface area contributed by atoms with Gasteiger partial charge in [0.05, 0.1) is 18.7 Å². The highest BCUT2D eigenvalue weighted by atomic mass is 19.4. The standard InChI is InChI=1S/C17H18F3N3O4/c18-17(19,20)12-4-2-1-3-11(12)13-9-22(7-8-27-13)15(25)10-23-6-5-14(24)21-16(23)26/h1-4,13H,5-10H2,(H,21,24,26). The molecule has 1 unspecified atom stereocenters. The monoisotopic (exact) mass is 385 g/mol. The van der Waals surface area contributed by atoms with Crippen LogP contribution in [0.4, 0.5) is 18.0 Å². The van der Waals surface area contributed by atoms with Gasteiger partial charge in [-0.05, 0) is 11.6 Å². The van der Waals surface area contributed by atoms with E-state index < -0.39 is 35.7 Å². The number of nitrogens with zero attached hydrogens (tertiary/aromatic N) is 2. The first kappa shape index (κ1) is 19.2. The van der Waals surface area contributed by atoms with Crippen molar-refractivity contribution in [2.75, 3.05) is 32.8 Å². The van der Waals surface area contributed by atoms with Gasteiger partial charge >= 0.3 is 12.2 Å². The number of hydrogen-bond donors (Lipinski definition) is 1. The summed E-state index contributed by atoms with van der Waals surface area (Å²) in [5.41, 5.74) is -0.818. The molecule has 146 valence electrons. The van der Waals surface area contributed by atoms with Crippen molar-refractivity contribution in [3.63, 3.8) is 0 Å². The number of urea groups is 1. The van der Waals surface area contributed by atoms with Gasteiger partial charge in [0.1, 0.15) is 12.6 Å². The molecule has 0 bridgehead atoms. The van der Waals surface area contributed by atoms with Crippen molar-refractivity contribution >= 4 is 17.8 Å². The number of nitrogens with one attached hydrogen (secondary N) is 1. The summed E-state index contributed by atoms with van der Waals surface area (Å²) in [5, 5.41) is 2.12. The van der Waals surface area contributed by atoms with Gasteiger partial charge in [-0.2, -0.15) is 13.2 Å². The lowest BCUT2D eigenvalue weighted by Crippen LogP contribution is -2.54. The van der Waals surface area contributed by atoms with Crippen molar-refractivity contribution < 1.29 is 32.3 Å². The van der Waals surface area contributed by atoms with Crippen LogP contribution in [0.1, 0.15) is 23.7 Å². The minimum absolute atomic E-state index is 0.0242. The number of halogens is 3. The maximum atomic E-state index is 13.2. The maximum absolute atomic E-state index is 13.2. The molecule has 2 saturated heterocycles. The molecule has 1 N–H and O–H groups in total. The first-order chi connectivity index (χ1) is 12.8. The van der Waals surface area contributed by atoms with Gasteiger partial charge in [-0.15, -0.1) is 0 Å².